The number of benzene rings is 2. The molecule has 1 saturated heterocycles. The molecule has 33 heavy (non-hydrogen) atoms. The molecule has 7 nitrogen and oxygen atoms in total. The standard InChI is InChI=1S/C26H32N2O5/c1-6-27(7-2)14-15-28-23(20-13-12-19(32-4)16-21(20)33-5)22(25(30)26(28)31)24(29)18-10-8-17(3)9-11-18/h8-13,16,23,29H,6-7,14-15H2,1-5H3. The van der Waals surface area contributed by atoms with Crippen molar-refractivity contribution in [3.05, 3.63) is 64.7 Å². The number of hydrogen-bond donors (Lipinski definition) is 1. The number of aryl methyl sites for hydroxylation is 1. The van der Waals surface area contributed by atoms with Crippen molar-refractivity contribution in [2.45, 2.75) is 26.8 Å². The SMILES string of the molecule is CC[NH+](CC)CCN1C(=O)C(=O)C(=C([O-])c2ccc(C)cc2)C1c1ccc(OC)cc1OC. The summed E-state index contributed by atoms with van der Waals surface area (Å²) in [7, 11) is 3.07. The number of ether oxygens (including phenoxy) is 2. The number of carbonyl (C=O) groups is 2. The number of likely N-dealkylation sites (tertiary alicyclic amines) is 1. The Labute approximate surface area is 195 Å². The van der Waals surface area contributed by atoms with Gasteiger partial charge in [-0.2, -0.15) is 0 Å². The first-order valence-corrected chi connectivity index (χ1v) is 11.2. The fraction of sp³-hybridized carbons (Fsp3) is 0.385. The van der Waals surface area contributed by atoms with E-state index >= 15 is 0 Å². The van der Waals surface area contributed by atoms with Crippen molar-refractivity contribution in [3.8, 4) is 11.5 Å². The van der Waals surface area contributed by atoms with Gasteiger partial charge in [0.15, 0.2) is 0 Å². The zero-order valence-corrected chi connectivity index (χ0v) is 19.9. The smallest absolute Gasteiger partial charge is 0.295 e. The molecule has 1 unspecified atom stereocenters. The molecular formula is C26H32N2O5. The molecule has 1 aliphatic rings. The minimum Gasteiger partial charge on any atom is -0.872 e. The minimum absolute atomic E-state index is 0.0399. The van der Waals surface area contributed by atoms with Gasteiger partial charge in [-0.3, -0.25) is 9.59 Å². The Morgan fingerprint density at radius 1 is 1.03 bits per heavy atom. The average molecular weight is 453 g/mol. The molecule has 0 saturated carbocycles. The Bertz CT molecular complexity index is 1040. The van der Waals surface area contributed by atoms with Crippen LogP contribution in [0, 0.1) is 6.92 Å². The summed E-state index contributed by atoms with van der Waals surface area (Å²) in [5.74, 6) is -0.806. The Hall–Kier alpha value is -3.32. The van der Waals surface area contributed by atoms with Crippen LogP contribution in [0.5, 0.6) is 11.5 Å². The van der Waals surface area contributed by atoms with Crippen LogP contribution in [0.25, 0.3) is 5.76 Å². The van der Waals surface area contributed by atoms with Crippen molar-refractivity contribution in [1.29, 1.82) is 0 Å². The number of methoxy groups -OCH3 is 2. The molecule has 0 radical (unpaired) electrons. The number of amides is 1. The van der Waals surface area contributed by atoms with Gasteiger partial charge in [0.05, 0.1) is 46.4 Å². The second-order valence-electron chi connectivity index (χ2n) is 8.15. The highest BCUT2D eigenvalue weighted by molar-refractivity contribution is 6.46. The minimum atomic E-state index is -0.824. The quantitative estimate of drug-likeness (QED) is 0.351. The van der Waals surface area contributed by atoms with Crippen molar-refractivity contribution < 1.29 is 29.1 Å². The summed E-state index contributed by atoms with van der Waals surface area (Å²) >= 11 is 0. The van der Waals surface area contributed by atoms with Crippen LogP contribution in [-0.2, 0) is 9.59 Å². The van der Waals surface area contributed by atoms with Gasteiger partial charge in [-0.25, -0.2) is 0 Å². The van der Waals surface area contributed by atoms with Crippen molar-refractivity contribution in [1.82, 2.24) is 4.90 Å². The molecule has 2 aromatic rings. The highest BCUT2D eigenvalue weighted by Gasteiger charge is 2.45. The van der Waals surface area contributed by atoms with Gasteiger partial charge < -0.3 is 24.4 Å². The van der Waals surface area contributed by atoms with Crippen molar-refractivity contribution >= 4 is 17.4 Å². The first-order valence-electron chi connectivity index (χ1n) is 11.2. The van der Waals surface area contributed by atoms with Crippen LogP contribution in [-0.4, -0.2) is 57.0 Å². The molecular weight excluding hydrogens is 420 g/mol. The van der Waals surface area contributed by atoms with Gasteiger partial charge in [0.1, 0.15) is 11.5 Å². The predicted octanol–water partition coefficient (Wildman–Crippen LogP) is 1.16. The number of quaternary nitrogens is 1. The maximum Gasteiger partial charge on any atom is 0.295 e. The summed E-state index contributed by atoms with van der Waals surface area (Å²) in [6.45, 7) is 8.92. The van der Waals surface area contributed by atoms with E-state index in [2.05, 4.69) is 13.8 Å². The van der Waals surface area contributed by atoms with E-state index in [-0.39, 0.29) is 5.57 Å². The molecule has 0 spiro atoms. The zero-order valence-electron chi connectivity index (χ0n) is 19.9. The highest BCUT2D eigenvalue weighted by Crippen LogP contribution is 2.42. The van der Waals surface area contributed by atoms with E-state index in [9.17, 15) is 14.7 Å². The van der Waals surface area contributed by atoms with E-state index in [1.807, 2.05) is 19.1 Å². The largest absolute Gasteiger partial charge is 0.872 e. The van der Waals surface area contributed by atoms with Crippen LogP contribution in [0.2, 0.25) is 0 Å². The third-order valence-corrected chi connectivity index (χ3v) is 6.28. The molecule has 0 aliphatic carbocycles. The summed E-state index contributed by atoms with van der Waals surface area (Å²) in [6, 6.07) is 11.4. The van der Waals surface area contributed by atoms with Crippen LogP contribution in [0.3, 0.4) is 0 Å². The molecule has 176 valence electrons. The summed E-state index contributed by atoms with van der Waals surface area (Å²) in [5.41, 5.74) is 1.93. The molecule has 1 N–H and O–H groups in total. The van der Waals surface area contributed by atoms with Gasteiger partial charge in [0.2, 0.25) is 5.78 Å². The Kier molecular flexibility index (Phi) is 7.76. The van der Waals surface area contributed by atoms with Crippen molar-refractivity contribution in [3.63, 3.8) is 0 Å². The first kappa shape index (κ1) is 24.3. The number of nitrogens with one attached hydrogen (secondary N) is 1. The summed E-state index contributed by atoms with van der Waals surface area (Å²) < 4.78 is 10.9. The van der Waals surface area contributed by atoms with Crippen LogP contribution < -0.4 is 19.5 Å². The molecule has 1 fully saturated rings. The normalized spacial score (nSPS) is 17.6. The van der Waals surface area contributed by atoms with Gasteiger partial charge in [0.25, 0.3) is 5.91 Å². The van der Waals surface area contributed by atoms with E-state index in [1.165, 1.54) is 16.9 Å². The van der Waals surface area contributed by atoms with Gasteiger partial charge >= 0.3 is 0 Å². The topological polar surface area (TPSA) is 83.3 Å². The number of ketones is 1. The van der Waals surface area contributed by atoms with Crippen LogP contribution >= 0.6 is 0 Å². The predicted molar refractivity (Wildman–Crippen MR) is 124 cm³/mol. The molecule has 0 aromatic heterocycles. The van der Waals surface area contributed by atoms with Gasteiger partial charge in [0, 0.05) is 17.2 Å². The van der Waals surface area contributed by atoms with E-state index in [1.54, 1.807) is 37.4 Å². The third kappa shape index (κ3) is 4.88. The van der Waals surface area contributed by atoms with Crippen molar-refractivity contribution in [2.75, 3.05) is 40.4 Å². The Balaban J connectivity index is 2.17. The van der Waals surface area contributed by atoms with Crippen LogP contribution in [0.1, 0.15) is 36.6 Å². The fourth-order valence-electron chi connectivity index (χ4n) is 4.21. The lowest BCUT2D eigenvalue weighted by atomic mass is 9.94. The lowest BCUT2D eigenvalue weighted by Crippen LogP contribution is -3.12. The van der Waals surface area contributed by atoms with Crippen LogP contribution in [0.4, 0.5) is 0 Å². The number of carbonyl (C=O) groups excluding carboxylic acids is 2. The van der Waals surface area contributed by atoms with Gasteiger partial charge in [-0.15, -0.1) is 0 Å². The summed E-state index contributed by atoms with van der Waals surface area (Å²) in [6.07, 6.45) is 0. The highest BCUT2D eigenvalue weighted by atomic mass is 16.5. The second-order valence-corrected chi connectivity index (χ2v) is 8.15. The lowest BCUT2D eigenvalue weighted by molar-refractivity contribution is -0.895. The number of rotatable bonds is 9. The zero-order chi connectivity index (χ0) is 24.1. The monoisotopic (exact) mass is 452 g/mol. The third-order valence-electron chi connectivity index (χ3n) is 6.28. The molecule has 3 rings (SSSR count). The van der Waals surface area contributed by atoms with Gasteiger partial charge in [-0.1, -0.05) is 35.6 Å². The number of hydrogen-bond acceptors (Lipinski definition) is 5. The van der Waals surface area contributed by atoms with E-state index in [0.717, 1.165) is 18.7 Å². The number of likely N-dealkylation sites (N-methyl/N-ethyl adjacent to an activating group) is 1. The maximum atomic E-state index is 13.5. The van der Waals surface area contributed by atoms with Gasteiger partial charge in [-0.05, 0) is 38.5 Å². The first-order chi connectivity index (χ1) is 15.9. The molecule has 7 heteroatoms. The fourth-order valence-corrected chi connectivity index (χ4v) is 4.21. The summed E-state index contributed by atoms with van der Waals surface area (Å²) in [4.78, 5) is 29.1. The average Bonchev–Trinajstić information content (AvgIpc) is 3.09. The van der Waals surface area contributed by atoms with E-state index in [4.69, 9.17) is 9.47 Å². The molecule has 1 aliphatic heterocycles. The second kappa shape index (κ2) is 10.5. The molecule has 0 bridgehead atoms. The number of nitrogens with zero attached hydrogens (tertiary/aromatic N) is 1. The summed E-state index contributed by atoms with van der Waals surface area (Å²) in [5, 5.41) is 13.5. The van der Waals surface area contributed by atoms with E-state index < -0.39 is 23.5 Å². The molecule has 1 atom stereocenters. The lowest BCUT2D eigenvalue weighted by Gasteiger charge is -2.29. The number of Topliss-reactive ketones (excluding diaryl/α,β-unsaturated/α-hetero) is 1. The van der Waals surface area contributed by atoms with E-state index in [0.29, 0.717) is 35.7 Å². The Morgan fingerprint density at radius 2 is 1.70 bits per heavy atom. The molecule has 2 aromatic carbocycles. The molecule has 1 heterocycles. The Morgan fingerprint density at radius 3 is 2.27 bits per heavy atom. The molecule has 1 amide bonds. The van der Waals surface area contributed by atoms with Crippen molar-refractivity contribution in [2.24, 2.45) is 0 Å². The maximum absolute atomic E-state index is 13.5. The van der Waals surface area contributed by atoms with Crippen LogP contribution in [0.15, 0.2) is 48.0 Å².